The summed E-state index contributed by atoms with van der Waals surface area (Å²) in [5.74, 6) is -1.33. The van der Waals surface area contributed by atoms with Crippen LogP contribution in [0.2, 0.25) is 0 Å². The number of thiol groups is 1. The first-order valence-corrected chi connectivity index (χ1v) is 9.92. The Kier molecular flexibility index (Phi) is 9.12. The van der Waals surface area contributed by atoms with E-state index in [2.05, 4.69) is 38.2 Å². The zero-order valence-electron chi connectivity index (χ0n) is 16.4. The van der Waals surface area contributed by atoms with Crippen molar-refractivity contribution in [1.29, 1.82) is 5.41 Å². The number of nitrogens with one attached hydrogen (secondary N) is 3. The summed E-state index contributed by atoms with van der Waals surface area (Å²) in [5.41, 5.74) is 6.53. The number of aliphatic carboxylic acids is 1. The van der Waals surface area contributed by atoms with Gasteiger partial charge in [-0.2, -0.15) is 0 Å². The Morgan fingerprint density at radius 1 is 1.27 bits per heavy atom. The Labute approximate surface area is 178 Å². The highest BCUT2D eigenvalue weighted by molar-refractivity contribution is 7.80. The van der Waals surface area contributed by atoms with Crippen molar-refractivity contribution < 1.29 is 19.4 Å². The topological polar surface area (TPSA) is 181 Å². The van der Waals surface area contributed by atoms with Gasteiger partial charge in [-0.25, -0.2) is 24.5 Å². The number of imidazole rings is 1. The van der Waals surface area contributed by atoms with Gasteiger partial charge < -0.3 is 30.8 Å². The number of carbonyl (C=O) groups is 2. The van der Waals surface area contributed by atoms with E-state index in [9.17, 15) is 14.7 Å². The third-order valence-electron chi connectivity index (χ3n) is 4.23. The van der Waals surface area contributed by atoms with Crippen LogP contribution in [0.3, 0.4) is 0 Å². The number of alkyl carbamates (subject to hydrolysis) is 1. The molecule has 164 valence electrons. The van der Waals surface area contributed by atoms with Gasteiger partial charge in [0.1, 0.15) is 22.9 Å². The lowest BCUT2D eigenvalue weighted by atomic mass is 10.1. The molecule has 2 heterocycles. The fourth-order valence-corrected chi connectivity index (χ4v) is 2.94. The monoisotopic (exact) mass is 438 g/mol. The van der Waals surface area contributed by atoms with Crippen LogP contribution in [0.1, 0.15) is 32.1 Å². The van der Waals surface area contributed by atoms with E-state index < -0.39 is 18.1 Å². The molecular formula is C17H26N8O4S. The molecule has 0 radical (unpaired) electrons. The number of carboxylic acid groups (broad SMARTS) is 1. The van der Waals surface area contributed by atoms with Crippen molar-refractivity contribution in [3.63, 3.8) is 0 Å². The van der Waals surface area contributed by atoms with E-state index >= 15 is 0 Å². The highest BCUT2D eigenvalue weighted by Crippen LogP contribution is 2.16. The third kappa shape index (κ3) is 7.39. The SMILES string of the molecule is N=C(N)NCCC[C@@H](NC(=O)OCCCCCn1cnc2c(S)ncnc21)C(=O)O. The molecule has 12 nitrogen and oxygen atoms in total. The minimum atomic E-state index is -1.14. The summed E-state index contributed by atoms with van der Waals surface area (Å²) in [5, 5.41) is 21.7. The largest absolute Gasteiger partial charge is 0.480 e. The van der Waals surface area contributed by atoms with E-state index in [-0.39, 0.29) is 19.0 Å². The number of aryl methyl sites for hydroxylation is 1. The molecule has 0 saturated carbocycles. The number of amides is 1. The summed E-state index contributed by atoms with van der Waals surface area (Å²) >= 11 is 4.25. The van der Waals surface area contributed by atoms with Crippen molar-refractivity contribution >= 4 is 41.8 Å². The minimum absolute atomic E-state index is 0.185. The Hall–Kier alpha value is -3.09. The van der Waals surface area contributed by atoms with Crippen LogP contribution in [0.25, 0.3) is 11.2 Å². The maximum atomic E-state index is 11.8. The average molecular weight is 439 g/mol. The number of fused-ring (bicyclic) bond motifs is 1. The van der Waals surface area contributed by atoms with Crippen molar-refractivity contribution in [2.45, 2.75) is 49.7 Å². The fraction of sp³-hybridized carbons (Fsp3) is 0.529. The molecule has 0 aliphatic carbocycles. The summed E-state index contributed by atoms with van der Waals surface area (Å²) in [4.78, 5) is 35.5. The fourth-order valence-electron chi connectivity index (χ4n) is 2.73. The normalized spacial score (nSPS) is 11.8. The van der Waals surface area contributed by atoms with E-state index in [1.807, 2.05) is 4.57 Å². The van der Waals surface area contributed by atoms with E-state index in [1.54, 1.807) is 6.33 Å². The maximum absolute atomic E-state index is 11.8. The van der Waals surface area contributed by atoms with Crippen LogP contribution in [-0.4, -0.2) is 61.8 Å². The van der Waals surface area contributed by atoms with Gasteiger partial charge in [0.15, 0.2) is 11.6 Å². The lowest BCUT2D eigenvalue weighted by molar-refractivity contribution is -0.139. The van der Waals surface area contributed by atoms with Gasteiger partial charge in [0.2, 0.25) is 0 Å². The lowest BCUT2D eigenvalue weighted by Gasteiger charge is -2.14. The highest BCUT2D eigenvalue weighted by Gasteiger charge is 2.20. The first kappa shape index (κ1) is 23.2. The molecule has 0 aliphatic heterocycles. The predicted octanol–water partition coefficient (Wildman–Crippen LogP) is 0.728. The Morgan fingerprint density at radius 2 is 2.07 bits per heavy atom. The van der Waals surface area contributed by atoms with Crippen LogP contribution in [0, 0.1) is 5.41 Å². The molecule has 1 atom stereocenters. The van der Waals surface area contributed by atoms with Gasteiger partial charge in [0.05, 0.1) is 12.9 Å². The maximum Gasteiger partial charge on any atom is 0.407 e. The first-order chi connectivity index (χ1) is 14.4. The van der Waals surface area contributed by atoms with Crippen LogP contribution < -0.4 is 16.4 Å². The van der Waals surface area contributed by atoms with Gasteiger partial charge in [-0.1, -0.05) is 0 Å². The van der Waals surface area contributed by atoms with Crippen molar-refractivity contribution in [1.82, 2.24) is 30.2 Å². The molecule has 2 aromatic rings. The minimum Gasteiger partial charge on any atom is -0.480 e. The molecule has 0 fully saturated rings. The molecule has 0 bridgehead atoms. The molecule has 1 amide bonds. The van der Waals surface area contributed by atoms with Crippen molar-refractivity contribution in [3.05, 3.63) is 12.7 Å². The van der Waals surface area contributed by atoms with E-state index in [4.69, 9.17) is 15.9 Å². The van der Waals surface area contributed by atoms with Crippen LogP contribution in [0.5, 0.6) is 0 Å². The number of unbranched alkanes of at least 4 members (excludes halogenated alkanes) is 2. The number of hydrogen-bond acceptors (Lipinski definition) is 8. The van der Waals surface area contributed by atoms with Gasteiger partial charge in [-0.3, -0.25) is 5.41 Å². The molecule has 2 rings (SSSR count). The molecule has 30 heavy (non-hydrogen) atoms. The van der Waals surface area contributed by atoms with Gasteiger partial charge in [0, 0.05) is 13.1 Å². The number of carboxylic acids is 1. The smallest absolute Gasteiger partial charge is 0.407 e. The van der Waals surface area contributed by atoms with Crippen molar-refractivity contribution in [3.8, 4) is 0 Å². The van der Waals surface area contributed by atoms with Gasteiger partial charge in [0.25, 0.3) is 0 Å². The van der Waals surface area contributed by atoms with Crippen LogP contribution in [0.4, 0.5) is 4.79 Å². The van der Waals surface area contributed by atoms with Crippen LogP contribution in [0.15, 0.2) is 17.7 Å². The highest BCUT2D eigenvalue weighted by atomic mass is 32.1. The third-order valence-corrected chi connectivity index (χ3v) is 4.56. The quantitative estimate of drug-likeness (QED) is 0.0914. The average Bonchev–Trinajstić information content (AvgIpc) is 3.11. The number of aromatic nitrogens is 4. The molecule has 6 N–H and O–H groups in total. The van der Waals surface area contributed by atoms with Crippen molar-refractivity contribution in [2.24, 2.45) is 5.73 Å². The Morgan fingerprint density at radius 3 is 2.80 bits per heavy atom. The van der Waals surface area contributed by atoms with Crippen molar-refractivity contribution in [2.75, 3.05) is 13.2 Å². The molecular weight excluding hydrogens is 412 g/mol. The van der Waals surface area contributed by atoms with Gasteiger partial charge in [-0.05, 0) is 32.1 Å². The lowest BCUT2D eigenvalue weighted by Crippen LogP contribution is -2.42. The number of hydrogen-bond donors (Lipinski definition) is 6. The number of nitrogens with zero attached hydrogens (tertiary/aromatic N) is 4. The van der Waals surface area contributed by atoms with E-state index in [1.165, 1.54) is 6.33 Å². The zero-order valence-corrected chi connectivity index (χ0v) is 17.3. The number of nitrogens with two attached hydrogens (primary N) is 1. The van der Waals surface area contributed by atoms with Crippen LogP contribution in [-0.2, 0) is 16.1 Å². The van der Waals surface area contributed by atoms with Crippen LogP contribution >= 0.6 is 12.6 Å². The van der Waals surface area contributed by atoms with Gasteiger partial charge >= 0.3 is 12.1 Å². The molecule has 0 unspecified atom stereocenters. The number of guanidine groups is 1. The molecule has 0 aromatic carbocycles. The Balaban J connectivity index is 1.62. The molecule has 13 heteroatoms. The number of rotatable bonds is 12. The second kappa shape index (κ2) is 11.8. The molecule has 0 saturated heterocycles. The second-order valence-corrected chi connectivity index (χ2v) is 6.95. The summed E-state index contributed by atoms with van der Waals surface area (Å²) in [6.07, 6.45) is 5.29. The predicted molar refractivity (Wildman–Crippen MR) is 111 cm³/mol. The Bertz CT molecular complexity index is 875. The van der Waals surface area contributed by atoms with E-state index in [0.717, 1.165) is 18.5 Å². The summed E-state index contributed by atoms with van der Waals surface area (Å²) in [6, 6.07) is -1.06. The van der Waals surface area contributed by atoms with E-state index in [0.29, 0.717) is 36.5 Å². The second-order valence-electron chi connectivity index (χ2n) is 6.52. The number of ether oxygens (including phenoxy) is 1. The molecule has 0 aliphatic rings. The molecule has 0 spiro atoms. The standard InChI is InChI=1S/C17H26N8O4S/c18-16(19)20-6-4-5-11(15(26)27)24-17(28)29-8-3-1-2-7-25-10-23-12-13(25)21-9-22-14(12)30/h9-11H,1-8H2,(H,24,28)(H,26,27)(H4,18,19,20)(H,21,22,30)/t11-/m1/s1. The summed E-state index contributed by atoms with van der Waals surface area (Å²) in [6.45, 7) is 1.25. The summed E-state index contributed by atoms with van der Waals surface area (Å²) < 4.78 is 6.98. The number of carbonyl (C=O) groups excluding carboxylic acids is 1. The van der Waals surface area contributed by atoms with Gasteiger partial charge in [-0.15, -0.1) is 12.6 Å². The zero-order chi connectivity index (χ0) is 21.9. The molecule has 2 aromatic heterocycles. The first-order valence-electron chi connectivity index (χ1n) is 9.47. The summed E-state index contributed by atoms with van der Waals surface area (Å²) in [7, 11) is 0.